The molecule has 0 saturated carbocycles. The summed E-state index contributed by atoms with van der Waals surface area (Å²) in [6.07, 6.45) is -1.35. The molecular weight excluding hydrogens is 553 g/mol. The van der Waals surface area contributed by atoms with Gasteiger partial charge < -0.3 is 24.8 Å². The van der Waals surface area contributed by atoms with Gasteiger partial charge in [-0.2, -0.15) is 0 Å². The van der Waals surface area contributed by atoms with E-state index in [1.807, 2.05) is 12.1 Å². The van der Waals surface area contributed by atoms with Crippen molar-refractivity contribution in [1.29, 1.82) is 0 Å². The summed E-state index contributed by atoms with van der Waals surface area (Å²) >= 11 is 0. The number of amides is 1. The number of halogens is 3. The molecule has 10 nitrogen and oxygen atoms in total. The van der Waals surface area contributed by atoms with E-state index in [9.17, 15) is 22.8 Å². The Bertz CT molecular complexity index is 1640. The zero-order valence-electron chi connectivity index (χ0n) is 23.7. The fourth-order valence-corrected chi connectivity index (χ4v) is 4.18. The lowest BCUT2D eigenvalue weighted by molar-refractivity contribution is -0.129. The number of likely N-dealkylation sites (N-methyl/N-ethyl adjacent to an activating group) is 1. The van der Waals surface area contributed by atoms with Crippen LogP contribution >= 0.6 is 0 Å². The number of carbonyl (C=O) groups excluding carboxylic acids is 1. The molecule has 1 amide bonds. The lowest BCUT2D eigenvalue weighted by Crippen LogP contribution is -2.31. The number of rotatable bonds is 8. The van der Waals surface area contributed by atoms with Gasteiger partial charge in [0.2, 0.25) is 5.91 Å². The van der Waals surface area contributed by atoms with E-state index < -0.39 is 23.8 Å². The van der Waals surface area contributed by atoms with Gasteiger partial charge in [0.25, 0.3) is 18.5 Å². The van der Waals surface area contributed by atoms with Crippen molar-refractivity contribution in [1.82, 2.24) is 19.4 Å². The smallest absolute Gasteiger partial charge is 0.290 e. The van der Waals surface area contributed by atoms with Gasteiger partial charge in [-0.1, -0.05) is 18.2 Å². The highest BCUT2D eigenvalue weighted by Gasteiger charge is 2.21. The summed E-state index contributed by atoms with van der Waals surface area (Å²) in [5, 5.41) is 10.7. The summed E-state index contributed by atoms with van der Waals surface area (Å²) in [6.45, 7) is 3.09. The zero-order chi connectivity index (χ0) is 31.1. The molecule has 0 aliphatic heterocycles. The molecule has 42 heavy (non-hydrogen) atoms. The van der Waals surface area contributed by atoms with Gasteiger partial charge in [-0.3, -0.25) is 14.4 Å². The summed E-state index contributed by atoms with van der Waals surface area (Å²) in [6, 6.07) is 11.9. The lowest BCUT2D eigenvalue weighted by Gasteiger charge is -2.22. The van der Waals surface area contributed by atoms with Crippen LogP contribution in [-0.2, 0) is 16.1 Å². The zero-order valence-corrected chi connectivity index (χ0v) is 23.7. The van der Waals surface area contributed by atoms with Crippen molar-refractivity contribution in [2.75, 3.05) is 31.4 Å². The standard InChI is InChI=1S/C28H29F3N6O2.CH2O2/c1-16(20-7-6-8-21(26(20)29)27(30)31)32-28-22-13-18(9-10-23(22)33-17(2)34-28)36(5)19-11-12-37(24(38)14-19)15-25(39)35(3)4;2-1-3/h6-14,16,27H,15H2,1-5H3,(H,32,33,34);1H,(H,2,3)/t16-;/m1./s1. The summed E-state index contributed by atoms with van der Waals surface area (Å²) in [7, 11) is 5.05. The molecule has 0 aliphatic carbocycles. The summed E-state index contributed by atoms with van der Waals surface area (Å²) in [5.41, 5.74) is 1.08. The number of hydrogen-bond donors (Lipinski definition) is 2. The SMILES string of the molecule is Cc1nc(N[C@H](C)c2cccc(C(F)F)c2F)c2cc(N(C)c3ccn(CC(=O)N(C)C)c(=O)c3)ccc2n1.O=CO. The molecule has 4 aromatic rings. The summed E-state index contributed by atoms with van der Waals surface area (Å²) < 4.78 is 42.6. The number of anilines is 3. The number of aryl methyl sites for hydroxylation is 1. The second-order valence-corrected chi connectivity index (χ2v) is 9.54. The topological polar surface area (TPSA) is 121 Å². The molecule has 0 unspecified atom stereocenters. The Morgan fingerprint density at radius 1 is 1.07 bits per heavy atom. The molecule has 2 aromatic carbocycles. The highest BCUT2D eigenvalue weighted by atomic mass is 19.3. The molecule has 1 atom stereocenters. The first-order valence-electron chi connectivity index (χ1n) is 12.7. The molecule has 0 radical (unpaired) electrons. The van der Waals surface area contributed by atoms with Crippen LogP contribution in [0.3, 0.4) is 0 Å². The van der Waals surface area contributed by atoms with Gasteiger partial charge >= 0.3 is 0 Å². The van der Waals surface area contributed by atoms with Crippen molar-refractivity contribution in [3.8, 4) is 0 Å². The van der Waals surface area contributed by atoms with E-state index in [0.717, 1.165) is 11.8 Å². The van der Waals surface area contributed by atoms with Crippen LogP contribution < -0.4 is 15.8 Å². The third-order valence-electron chi connectivity index (χ3n) is 6.46. The van der Waals surface area contributed by atoms with Gasteiger partial charge in [0.05, 0.1) is 17.1 Å². The Kier molecular flexibility index (Phi) is 10.2. The number of hydrogen-bond acceptors (Lipinski definition) is 7. The van der Waals surface area contributed by atoms with Crippen molar-refractivity contribution in [3.05, 3.63) is 87.9 Å². The number of carboxylic acid groups (broad SMARTS) is 1. The quantitative estimate of drug-likeness (QED) is 0.281. The number of nitrogens with zero attached hydrogens (tertiary/aromatic N) is 5. The van der Waals surface area contributed by atoms with Crippen LogP contribution in [0.5, 0.6) is 0 Å². The molecule has 4 rings (SSSR count). The van der Waals surface area contributed by atoms with E-state index >= 15 is 0 Å². The van der Waals surface area contributed by atoms with Crippen LogP contribution in [-0.4, -0.2) is 58.1 Å². The van der Waals surface area contributed by atoms with Gasteiger partial charge in [0.15, 0.2) is 0 Å². The monoisotopic (exact) mass is 584 g/mol. The lowest BCUT2D eigenvalue weighted by atomic mass is 10.0. The molecule has 0 fully saturated rings. The number of pyridine rings is 1. The van der Waals surface area contributed by atoms with Crippen LogP contribution in [0.15, 0.2) is 59.5 Å². The minimum atomic E-state index is -2.92. The highest BCUT2D eigenvalue weighted by molar-refractivity contribution is 5.92. The fraction of sp³-hybridized carbons (Fsp3) is 0.276. The van der Waals surface area contributed by atoms with Gasteiger partial charge in [-0.15, -0.1) is 0 Å². The Morgan fingerprint density at radius 2 is 1.71 bits per heavy atom. The van der Waals surface area contributed by atoms with E-state index in [1.165, 1.54) is 27.7 Å². The Morgan fingerprint density at radius 3 is 2.33 bits per heavy atom. The number of alkyl halides is 2. The molecule has 0 aliphatic rings. The fourth-order valence-electron chi connectivity index (χ4n) is 4.18. The third kappa shape index (κ3) is 7.22. The average Bonchev–Trinajstić information content (AvgIpc) is 2.93. The molecule has 2 heterocycles. The third-order valence-corrected chi connectivity index (χ3v) is 6.46. The van der Waals surface area contributed by atoms with Crippen molar-refractivity contribution >= 4 is 40.5 Å². The molecule has 0 spiro atoms. The molecule has 222 valence electrons. The van der Waals surface area contributed by atoms with E-state index in [4.69, 9.17) is 9.90 Å². The number of fused-ring (bicyclic) bond motifs is 1. The number of aromatic nitrogens is 3. The molecular formula is C29H31F3N6O4. The Hall–Kier alpha value is -4.94. The van der Waals surface area contributed by atoms with Gasteiger partial charge in [0.1, 0.15) is 24.0 Å². The predicted octanol–water partition coefficient (Wildman–Crippen LogP) is 4.91. The molecule has 2 N–H and O–H groups in total. The van der Waals surface area contributed by atoms with Crippen LogP contribution in [0.2, 0.25) is 0 Å². The maximum atomic E-state index is 14.8. The van der Waals surface area contributed by atoms with Crippen LogP contribution in [0.25, 0.3) is 10.9 Å². The Balaban J connectivity index is 0.00000155. The van der Waals surface area contributed by atoms with Crippen molar-refractivity contribution in [2.24, 2.45) is 0 Å². The number of carbonyl (C=O) groups is 2. The van der Waals surface area contributed by atoms with Crippen molar-refractivity contribution < 1.29 is 27.9 Å². The highest BCUT2D eigenvalue weighted by Crippen LogP contribution is 2.32. The average molecular weight is 585 g/mol. The predicted molar refractivity (Wildman–Crippen MR) is 154 cm³/mol. The minimum absolute atomic E-state index is 0.0590. The number of benzene rings is 2. The summed E-state index contributed by atoms with van der Waals surface area (Å²) in [4.78, 5) is 45.2. The summed E-state index contributed by atoms with van der Waals surface area (Å²) in [5.74, 6) is -0.251. The maximum absolute atomic E-state index is 14.8. The second-order valence-electron chi connectivity index (χ2n) is 9.54. The molecule has 0 bridgehead atoms. The first kappa shape index (κ1) is 31.6. The first-order chi connectivity index (χ1) is 19.9. The first-order valence-corrected chi connectivity index (χ1v) is 12.7. The largest absolute Gasteiger partial charge is 0.483 e. The van der Waals surface area contributed by atoms with Gasteiger partial charge in [0, 0.05) is 55.7 Å². The van der Waals surface area contributed by atoms with Crippen LogP contribution in [0.1, 0.15) is 36.3 Å². The van der Waals surface area contributed by atoms with Crippen molar-refractivity contribution in [3.63, 3.8) is 0 Å². The maximum Gasteiger partial charge on any atom is 0.290 e. The Labute approximate surface area is 240 Å². The molecule has 0 saturated heterocycles. The van der Waals surface area contributed by atoms with E-state index in [0.29, 0.717) is 28.2 Å². The van der Waals surface area contributed by atoms with Gasteiger partial charge in [-0.25, -0.2) is 23.1 Å². The van der Waals surface area contributed by atoms with E-state index in [2.05, 4.69) is 15.3 Å². The normalized spacial score (nSPS) is 11.5. The van der Waals surface area contributed by atoms with Crippen LogP contribution in [0, 0.1) is 12.7 Å². The van der Waals surface area contributed by atoms with Crippen molar-refractivity contribution in [2.45, 2.75) is 32.9 Å². The molecule has 2 aromatic heterocycles. The van der Waals surface area contributed by atoms with E-state index in [-0.39, 0.29) is 30.0 Å². The van der Waals surface area contributed by atoms with Crippen LogP contribution in [0.4, 0.5) is 30.4 Å². The number of nitrogens with one attached hydrogen (secondary N) is 1. The van der Waals surface area contributed by atoms with Gasteiger partial charge in [-0.05, 0) is 38.1 Å². The second kappa shape index (κ2) is 13.6. The molecule has 13 heteroatoms. The minimum Gasteiger partial charge on any atom is -0.483 e. The van der Waals surface area contributed by atoms with E-state index in [1.54, 1.807) is 58.2 Å².